The second-order valence-corrected chi connectivity index (χ2v) is 5.48. The molecule has 7 heteroatoms. The number of imidazole rings is 1. The van der Waals surface area contributed by atoms with Crippen molar-refractivity contribution in [2.75, 3.05) is 5.32 Å². The number of amides is 1. The summed E-state index contributed by atoms with van der Waals surface area (Å²) in [5.41, 5.74) is 7.61. The Morgan fingerprint density at radius 2 is 2.33 bits per heavy atom. The number of thiazole rings is 1. The number of fused-ring (bicyclic) bond motifs is 1. The average molecular weight is 304 g/mol. The van der Waals surface area contributed by atoms with Crippen LogP contribution >= 0.6 is 11.3 Å². The zero-order valence-corrected chi connectivity index (χ0v) is 12.1. The Morgan fingerprint density at radius 3 is 3.10 bits per heavy atom. The van der Waals surface area contributed by atoms with Crippen molar-refractivity contribution in [2.24, 2.45) is 5.73 Å². The number of benzene rings is 1. The largest absolute Gasteiger partial charge is 0.379 e. The summed E-state index contributed by atoms with van der Waals surface area (Å²) in [5.74, 6) is -1.40. The van der Waals surface area contributed by atoms with E-state index in [2.05, 4.69) is 10.3 Å². The molecule has 1 amide bonds. The van der Waals surface area contributed by atoms with Gasteiger partial charge in [-0.3, -0.25) is 9.20 Å². The van der Waals surface area contributed by atoms with Gasteiger partial charge in [-0.2, -0.15) is 0 Å². The molecule has 0 spiro atoms. The van der Waals surface area contributed by atoms with Gasteiger partial charge in [0.1, 0.15) is 5.82 Å². The molecule has 0 bridgehead atoms. The highest BCUT2D eigenvalue weighted by atomic mass is 32.1. The smallest absolute Gasteiger partial charge is 0.251 e. The molecular weight excluding hydrogens is 291 g/mol. The third-order valence-electron chi connectivity index (χ3n) is 3.25. The molecule has 3 rings (SSSR count). The summed E-state index contributed by atoms with van der Waals surface area (Å²) in [6.07, 6.45) is 1.95. The van der Waals surface area contributed by atoms with Crippen LogP contribution in [0.15, 0.2) is 29.8 Å². The fourth-order valence-electron chi connectivity index (χ4n) is 2.16. The van der Waals surface area contributed by atoms with Crippen LogP contribution in [-0.4, -0.2) is 15.3 Å². The average Bonchev–Trinajstić information content (AvgIpc) is 2.98. The van der Waals surface area contributed by atoms with Crippen LogP contribution in [-0.2, 0) is 6.54 Å². The van der Waals surface area contributed by atoms with Crippen LogP contribution in [0, 0.1) is 12.7 Å². The maximum absolute atomic E-state index is 13.4. The molecule has 0 radical (unpaired) electrons. The Kier molecular flexibility index (Phi) is 3.34. The number of hydrogen-bond donors (Lipinski definition) is 2. The number of carbonyl (C=O) groups is 1. The molecule has 0 unspecified atom stereocenters. The Labute approximate surface area is 124 Å². The topological polar surface area (TPSA) is 72.4 Å². The lowest BCUT2D eigenvalue weighted by molar-refractivity contribution is 0.0996. The minimum absolute atomic E-state index is 0.120. The molecule has 1 aromatic carbocycles. The number of nitrogens with two attached hydrogens (primary N) is 1. The minimum atomic E-state index is -0.781. The molecule has 0 atom stereocenters. The van der Waals surface area contributed by atoms with Crippen molar-refractivity contribution in [1.82, 2.24) is 9.38 Å². The van der Waals surface area contributed by atoms with Crippen LogP contribution in [0.3, 0.4) is 0 Å². The number of nitrogens with zero attached hydrogens (tertiary/aromatic N) is 2. The van der Waals surface area contributed by atoms with Crippen LogP contribution in [0.5, 0.6) is 0 Å². The maximum Gasteiger partial charge on any atom is 0.251 e. The van der Waals surface area contributed by atoms with Crippen LogP contribution in [0.2, 0.25) is 0 Å². The molecule has 0 saturated carbocycles. The standard InChI is InChI=1S/C14H13FN4OS/c1-8-12(19-4-5-21-14(19)18-8)7-17-9-2-3-11(15)10(6-9)13(16)20/h2-6,17H,7H2,1H3,(H2,16,20). The van der Waals surface area contributed by atoms with E-state index in [9.17, 15) is 9.18 Å². The van der Waals surface area contributed by atoms with E-state index in [0.717, 1.165) is 16.3 Å². The van der Waals surface area contributed by atoms with Gasteiger partial charge in [-0.15, -0.1) is 11.3 Å². The number of aromatic nitrogens is 2. The van der Waals surface area contributed by atoms with Gasteiger partial charge in [-0.25, -0.2) is 9.37 Å². The normalized spacial score (nSPS) is 11.0. The number of hydrogen-bond acceptors (Lipinski definition) is 4. The molecule has 0 aliphatic carbocycles. The fraction of sp³-hybridized carbons (Fsp3) is 0.143. The van der Waals surface area contributed by atoms with E-state index in [4.69, 9.17) is 5.73 Å². The first-order valence-corrected chi connectivity index (χ1v) is 7.18. The molecular formula is C14H13FN4OS. The maximum atomic E-state index is 13.4. The van der Waals surface area contributed by atoms with Gasteiger partial charge in [-0.1, -0.05) is 0 Å². The lowest BCUT2D eigenvalue weighted by Gasteiger charge is -2.08. The van der Waals surface area contributed by atoms with E-state index in [-0.39, 0.29) is 5.56 Å². The summed E-state index contributed by atoms with van der Waals surface area (Å²) in [6, 6.07) is 4.22. The van der Waals surface area contributed by atoms with E-state index in [1.165, 1.54) is 12.1 Å². The van der Waals surface area contributed by atoms with Crippen molar-refractivity contribution >= 4 is 27.9 Å². The Hall–Kier alpha value is -2.41. The van der Waals surface area contributed by atoms with Crippen molar-refractivity contribution in [3.05, 3.63) is 52.5 Å². The monoisotopic (exact) mass is 304 g/mol. The first-order valence-electron chi connectivity index (χ1n) is 6.30. The van der Waals surface area contributed by atoms with Gasteiger partial charge in [0.2, 0.25) is 0 Å². The second kappa shape index (κ2) is 5.17. The van der Waals surface area contributed by atoms with Crippen LogP contribution in [0.1, 0.15) is 21.7 Å². The summed E-state index contributed by atoms with van der Waals surface area (Å²) in [6.45, 7) is 2.46. The Morgan fingerprint density at radius 1 is 1.52 bits per heavy atom. The highest BCUT2D eigenvalue weighted by Gasteiger charge is 2.11. The summed E-state index contributed by atoms with van der Waals surface area (Å²) in [5, 5.41) is 5.13. The van der Waals surface area contributed by atoms with E-state index >= 15 is 0 Å². The SMILES string of the molecule is Cc1nc2sccn2c1CNc1ccc(F)c(C(N)=O)c1. The molecule has 0 saturated heterocycles. The predicted octanol–water partition coefficient (Wildman–Crippen LogP) is 2.55. The van der Waals surface area contributed by atoms with Gasteiger partial charge < -0.3 is 11.1 Å². The first-order chi connectivity index (χ1) is 10.1. The fourth-order valence-corrected chi connectivity index (χ4v) is 2.94. The molecule has 3 N–H and O–H groups in total. The van der Waals surface area contributed by atoms with E-state index < -0.39 is 11.7 Å². The molecule has 21 heavy (non-hydrogen) atoms. The summed E-state index contributed by atoms with van der Waals surface area (Å²) in [4.78, 5) is 16.5. The molecule has 0 aliphatic heterocycles. The van der Waals surface area contributed by atoms with E-state index in [1.54, 1.807) is 17.4 Å². The number of rotatable bonds is 4. The third-order valence-corrected chi connectivity index (χ3v) is 4.01. The quantitative estimate of drug-likeness (QED) is 0.778. The Balaban J connectivity index is 1.85. The summed E-state index contributed by atoms with van der Waals surface area (Å²) in [7, 11) is 0. The molecule has 0 fully saturated rings. The van der Waals surface area contributed by atoms with Crippen molar-refractivity contribution < 1.29 is 9.18 Å². The van der Waals surface area contributed by atoms with Crippen molar-refractivity contribution in [2.45, 2.75) is 13.5 Å². The van der Waals surface area contributed by atoms with Gasteiger partial charge in [0, 0.05) is 17.3 Å². The molecule has 2 aromatic heterocycles. The number of primary amides is 1. The van der Waals surface area contributed by atoms with Gasteiger partial charge in [0.25, 0.3) is 5.91 Å². The third kappa shape index (κ3) is 2.47. The number of carbonyl (C=O) groups excluding carboxylic acids is 1. The molecule has 2 heterocycles. The lowest BCUT2D eigenvalue weighted by Crippen LogP contribution is -2.14. The number of nitrogens with one attached hydrogen (secondary N) is 1. The van der Waals surface area contributed by atoms with Gasteiger partial charge >= 0.3 is 0 Å². The highest BCUT2D eigenvalue weighted by molar-refractivity contribution is 7.15. The molecule has 108 valence electrons. The number of anilines is 1. The number of aryl methyl sites for hydroxylation is 1. The van der Waals surface area contributed by atoms with Crippen LogP contribution in [0.4, 0.5) is 10.1 Å². The van der Waals surface area contributed by atoms with Gasteiger partial charge in [0.05, 0.1) is 23.5 Å². The molecule has 5 nitrogen and oxygen atoms in total. The lowest BCUT2D eigenvalue weighted by atomic mass is 10.1. The van der Waals surface area contributed by atoms with Crippen molar-refractivity contribution in [3.8, 4) is 0 Å². The number of halogens is 1. The molecule has 3 aromatic rings. The Bertz CT molecular complexity index is 824. The van der Waals surface area contributed by atoms with E-state index in [1.807, 2.05) is 22.9 Å². The van der Waals surface area contributed by atoms with Gasteiger partial charge in [0.15, 0.2) is 4.96 Å². The van der Waals surface area contributed by atoms with E-state index in [0.29, 0.717) is 12.2 Å². The summed E-state index contributed by atoms with van der Waals surface area (Å²) < 4.78 is 15.4. The van der Waals surface area contributed by atoms with Crippen LogP contribution < -0.4 is 11.1 Å². The predicted molar refractivity (Wildman–Crippen MR) is 80.1 cm³/mol. The van der Waals surface area contributed by atoms with Crippen LogP contribution in [0.25, 0.3) is 4.96 Å². The highest BCUT2D eigenvalue weighted by Crippen LogP contribution is 2.19. The second-order valence-electron chi connectivity index (χ2n) is 4.61. The summed E-state index contributed by atoms with van der Waals surface area (Å²) >= 11 is 1.57. The van der Waals surface area contributed by atoms with Crippen molar-refractivity contribution in [1.29, 1.82) is 0 Å². The van der Waals surface area contributed by atoms with Crippen molar-refractivity contribution in [3.63, 3.8) is 0 Å². The molecule has 0 aliphatic rings. The zero-order chi connectivity index (χ0) is 15.0. The zero-order valence-electron chi connectivity index (χ0n) is 11.3. The van der Waals surface area contributed by atoms with Gasteiger partial charge in [-0.05, 0) is 25.1 Å². The minimum Gasteiger partial charge on any atom is -0.379 e. The first kappa shape index (κ1) is 13.6.